The highest BCUT2D eigenvalue weighted by Crippen LogP contribution is 2.28. The van der Waals surface area contributed by atoms with E-state index in [-0.39, 0.29) is 29.8 Å². The molecular formula is C16H28N2O3. The Morgan fingerprint density at radius 2 is 2.00 bits per heavy atom. The Balaban J connectivity index is 1.90. The molecule has 0 unspecified atom stereocenters. The van der Waals surface area contributed by atoms with Crippen LogP contribution in [0.25, 0.3) is 0 Å². The Hall–Kier alpha value is -0.940. The predicted molar refractivity (Wildman–Crippen MR) is 81.0 cm³/mol. The highest BCUT2D eigenvalue weighted by molar-refractivity contribution is 5.88. The number of nitrogens with one attached hydrogen (secondary N) is 1. The Bertz CT molecular complexity index is 382. The fourth-order valence-electron chi connectivity index (χ4n) is 3.51. The lowest BCUT2D eigenvalue weighted by atomic mass is 9.90. The SMILES string of the molecule is CC(=O)[C@H](NC(=O)CN1CCO[C@H]2CCCC[C@@H]21)C(C)C. The van der Waals surface area contributed by atoms with Crippen molar-refractivity contribution < 1.29 is 14.3 Å². The van der Waals surface area contributed by atoms with Gasteiger partial charge >= 0.3 is 0 Å². The second-order valence-electron chi connectivity index (χ2n) is 6.63. The van der Waals surface area contributed by atoms with Crippen molar-refractivity contribution in [2.75, 3.05) is 19.7 Å². The average molecular weight is 296 g/mol. The number of ether oxygens (including phenoxy) is 1. The van der Waals surface area contributed by atoms with E-state index in [9.17, 15) is 9.59 Å². The number of fused-ring (bicyclic) bond motifs is 1. The summed E-state index contributed by atoms with van der Waals surface area (Å²) in [6, 6.07) is -0.00577. The lowest BCUT2D eigenvalue weighted by molar-refractivity contribution is -0.133. The second-order valence-corrected chi connectivity index (χ2v) is 6.63. The van der Waals surface area contributed by atoms with Crippen LogP contribution in [0.1, 0.15) is 46.5 Å². The van der Waals surface area contributed by atoms with Crippen molar-refractivity contribution in [2.24, 2.45) is 5.92 Å². The molecule has 5 heteroatoms. The van der Waals surface area contributed by atoms with Crippen LogP contribution in [-0.4, -0.2) is 54.5 Å². The van der Waals surface area contributed by atoms with Gasteiger partial charge < -0.3 is 10.1 Å². The minimum absolute atomic E-state index is 0.0240. The largest absolute Gasteiger partial charge is 0.375 e. The molecule has 1 aliphatic heterocycles. The molecule has 1 amide bonds. The molecule has 1 heterocycles. The van der Waals surface area contributed by atoms with Crippen LogP contribution in [0.3, 0.4) is 0 Å². The van der Waals surface area contributed by atoms with E-state index in [2.05, 4.69) is 10.2 Å². The Morgan fingerprint density at radius 3 is 2.67 bits per heavy atom. The van der Waals surface area contributed by atoms with Crippen molar-refractivity contribution in [1.29, 1.82) is 0 Å². The number of ketones is 1. The van der Waals surface area contributed by atoms with Gasteiger partial charge in [-0.3, -0.25) is 14.5 Å². The first-order valence-corrected chi connectivity index (χ1v) is 8.14. The molecule has 120 valence electrons. The Kier molecular flexibility index (Phi) is 5.76. The summed E-state index contributed by atoms with van der Waals surface area (Å²) in [4.78, 5) is 26.1. The van der Waals surface area contributed by atoms with E-state index in [1.54, 1.807) is 0 Å². The van der Waals surface area contributed by atoms with Gasteiger partial charge in [-0.05, 0) is 25.7 Å². The monoisotopic (exact) mass is 296 g/mol. The maximum atomic E-state index is 12.3. The van der Waals surface area contributed by atoms with Crippen LogP contribution in [0.5, 0.6) is 0 Å². The van der Waals surface area contributed by atoms with Crippen molar-refractivity contribution in [2.45, 2.75) is 64.6 Å². The number of amides is 1. The fraction of sp³-hybridized carbons (Fsp3) is 0.875. The zero-order valence-electron chi connectivity index (χ0n) is 13.4. The quantitative estimate of drug-likeness (QED) is 0.832. The third kappa shape index (κ3) is 4.27. The van der Waals surface area contributed by atoms with Gasteiger partial charge in [0.2, 0.25) is 5.91 Å². The van der Waals surface area contributed by atoms with Crippen LogP contribution >= 0.6 is 0 Å². The van der Waals surface area contributed by atoms with Crippen LogP contribution in [0.15, 0.2) is 0 Å². The van der Waals surface area contributed by atoms with Gasteiger partial charge in [0.05, 0.1) is 25.3 Å². The molecular weight excluding hydrogens is 268 g/mol. The summed E-state index contributed by atoms with van der Waals surface area (Å²) in [5.41, 5.74) is 0. The topological polar surface area (TPSA) is 58.6 Å². The Labute approximate surface area is 127 Å². The number of nitrogens with zero attached hydrogens (tertiary/aromatic N) is 1. The van der Waals surface area contributed by atoms with Gasteiger partial charge in [-0.25, -0.2) is 0 Å². The molecule has 1 saturated carbocycles. The summed E-state index contributed by atoms with van der Waals surface area (Å²) in [6.07, 6.45) is 4.93. The van der Waals surface area contributed by atoms with Crippen molar-refractivity contribution in [3.63, 3.8) is 0 Å². The summed E-state index contributed by atoms with van der Waals surface area (Å²) in [5.74, 6) is 0.101. The third-order valence-electron chi connectivity index (χ3n) is 4.61. The van der Waals surface area contributed by atoms with E-state index in [1.807, 2.05) is 13.8 Å². The molecule has 0 aromatic heterocycles. The van der Waals surface area contributed by atoms with Crippen molar-refractivity contribution >= 4 is 11.7 Å². The number of morpholine rings is 1. The van der Waals surface area contributed by atoms with E-state index in [0.29, 0.717) is 19.2 Å². The molecule has 0 spiro atoms. The molecule has 0 aromatic rings. The van der Waals surface area contributed by atoms with Gasteiger partial charge in [0.15, 0.2) is 5.78 Å². The molecule has 2 aliphatic rings. The van der Waals surface area contributed by atoms with E-state index >= 15 is 0 Å². The first-order chi connectivity index (χ1) is 9.99. The molecule has 21 heavy (non-hydrogen) atoms. The predicted octanol–water partition coefficient (Wildman–Crippen LogP) is 1.36. The van der Waals surface area contributed by atoms with E-state index < -0.39 is 0 Å². The number of carbonyl (C=O) groups is 2. The van der Waals surface area contributed by atoms with E-state index in [0.717, 1.165) is 19.4 Å². The number of hydrogen-bond donors (Lipinski definition) is 1. The van der Waals surface area contributed by atoms with Gasteiger partial charge in [-0.2, -0.15) is 0 Å². The van der Waals surface area contributed by atoms with E-state index in [4.69, 9.17) is 4.74 Å². The van der Waals surface area contributed by atoms with Gasteiger partial charge in [0, 0.05) is 12.6 Å². The van der Waals surface area contributed by atoms with Crippen molar-refractivity contribution in [3.8, 4) is 0 Å². The summed E-state index contributed by atoms with van der Waals surface area (Å²) in [5, 5.41) is 2.89. The normalized spacial score (nSPS) is 28.0. The highest BCUT2D eigenvalue weighted by atomic mass is 16.5. The van der Waals surface area contributed by atoms with Crippen LogP contribution in [0.4, 0.5) is 0 Å². The van der Waals surface area contributed by atoms with Gasteiger partial charge in [-0.1, -0.05) is 26.7 Å². The summed E-state index contributed by atoms with van der Waals surface area (Å²) in [7, 11) is 0. The number of carbonyl (C=O) groups excluding carboxylic acids is 2. The molecule has 2 rings (SSSR count). The van der Waals surface area contributed by atoms with E-state index in [1.165, 1.54) is 19.8 Å². The lowest BCUT2D eigenvalue weighted by Gasteiger charge is -2.43. The maximum Gasteiger partial charge on any atom is 0.234 e. The highest BCUT2D eigenvalue weighted by Gasteiger charge is 2.35. The summed E-state index contributed by atoms with van der Waals surface area (Å²) >= 11 is 0. The first-order valence-electron chi connectivity index (χ1n) is 8.14. The maximum absolute atomic E-state index is 12.3. The van der Waals surface area contributed by atoms with Gasteiger partial charge in [-0.15, -0.1) is 0 Å². The minimum Gasteiger partial charge on any atom is -0.375 e. The second kappa shape index (κ2) is 7.36. The van der Waals surface area contributed by atoms with Crippen LogP contribution < -0.4 is 5.32 Å². The van der Waals surface area contributed by atoms with Crippen molar-refractivity contribution in [3.05, 3.63) is 0 Å². The van der Waals surface area contributed by atoms with Crippen molar-refractivity contribution in [1.82, 2.24) is 10.2 Å². The molecule has 3 atom stereocenters. The molecule has 2 fully saturated rings. The zero-order valence-corrected chi connectivity index (χ0v) is 13.4. The number of rotatable bonds is 5. The number of hydrogen-bond acceptors (Lipinski definition) is 4. The Morgan fingerprint density at radius 1 is 1.29 bits per heavy atom. The minimum atomic E-state index is -0.374. The smallest absolute Gasteiger partial charge is 0.234 e. The molecule has 1 saturated heterocycles. The van der Waals surface area contributed by atoms with Crippen LogP contribution in [0, 0.1) is 5.92 Å². The zero-order chi connectivity index (χ0) is 15.4. The average Bonchev–Trinajstić information content (AvgIpc) is 2.44. The molecule has 5 nitrogen and oxygen atoms in total. The first kappa shape index (κ1) is 16.4. The standard InChI is InChI=1S/C16H28N2O3/c1-11(2)16(12(3)19)17-15(20)10-18-8-9-21-14-7-5-4-6-13(14)18/h11,13-14,16H,4-10H2,1-3H3,(H,17,20)/t13-,14-,16+/m0/s1. The number of Topliss-reactive ketones (excluding diaryl/α,β-unsaturated/α-hetero) is 1. The van der Waals surface area contributed by atoms with Crippen LogP contribution in [-0.2, 0) is 14.3 Å². The molecule has 1 N–H and O–H groups in total. The third-order valence-corrected chi connectivity index (χ3v) is 4.61. The molecule has 1 aliphatic carbocycles. The fourth-order valence-corrected chi connectivity index (χ4v) is 3.51. The van der Waals surface area contributed by atoms with Gasteiger partial charge in [0.1, 0.15) is 0 Å². The van der Waals surface area contributed by atoms with Gasteiger partial charge in [0.25, 0.3) is 0 Å². The summed E-state index contributed by atoms with van der Waals surface area (Å²) in [6.45, 7) is 7.34. The lowest BCUT2D eigenvalue weighted by Crippen LogP contribution is -2.56. The van der Waals surface area contributed by atoms with Crippen LogP contribution in [0.2, 0.25) is 0 Å². The molecule has 0 aromatic carbocycles. The summed E-state index contributed by atoms with van der Waals surface area (Å²) < 4.78 is 5.82. The molecule has 0 radical (unpaired) electrons. The molecule has 0 bridgehead atoms.